The molecule has 0 spiro atoms. The van der Waals surface area contributed by atoms with Gasteiger partial charge in [-0.05, 0) is 59.1 Å². The number of rotatable bonds is 3. The third-order valence-electron chi connectivity index (χ3n) is 2.99. The second-order valence-electron chi connectivity index (χ2n) is 4.58. The van der Waals surface area contributed by atoms with Crippen LogP contribution in [-0.2, 0) is 4.79 Å². The standard InChI is InChI=1S/C15H8ClIN2O3S2/c16-10-4-2-1-3-9(10)13(20)18-19-14(21)11(24-15(19)23)7-8-5-6-12(17)22-8/h1-7H,(H,18,20)/b11-7-. The van der Waals surface area contributed by atoms with Crippen LogP contribution in [0.4, 0.5) is 0 Å². The number of hydrogen-bond donors (Lipinski definition) is 1. The van der Waals surface area contributed by atoms with Crippen LogP contribution in [0.2, 0.25) is 5.02 Å². The van der Waals surface area contributed by atoms with Gasteiger partial charge in [0, 0.05) is 6.08 Å². The third-order valence-corrected chi connectivity index (χ3v) is 5.20. The average Bonchev–Trinajstić information content (AvgIpc) is 3.06. The van der Waals surface area contributed by atoms with Crippen LogP contribution >= 0.6 is 58.2 Å². The van der Waals surface area contributed by atoms with E-state index >= 15 is 0 Å². The van der Waals surface area contributed by atoms with Crippen LogP contribution in [0, 0.1) is 3.77 Å². The highest BCUT2D eigenvalue weighted by Gasteiger charge is 2.34. The molecule has 0 atom stereocenters. The predicted octanol–water partition coefficient (Wildman–Crippen LogP) is 4.08. The number of nitrogens with zero attached hydrogens (tertiary/aromatic N) is 1. The first kappa shape index (κ1) is 17.5. The minimum Gasteiger partial charge on any atom is -0.451 e. The number of nitrogens with one attached hydrogen (secondary N) is 1. The second-order valence-corrected chi connectivity index (χ2v) is 7.73. The molecule has 24 heavy (non-hydrogen) atoms. The molecular weight excluding hydrogens is 483 g/mol. The lowest BCUT2D eigenvalue weighted by Crippen LogP contribution is -2.44. The highest BCUT2D eigenvalue weighted by Crippen LogP contribution is 2.32. The average molecular weight is 491 g/mol. The fourth-order valence-electron chi connectivity index (χ4n) is 1.91. The molecule has 1 aliphatic rings. The summed E-state index contributed by atoms with van der Waals surface area (Å²) in [6, 6.07) is 10.1. The fourth-order valence-corrected chi connectivity index (χ4v) is 3.72. The predicted molar refractivity (Wildman–Crippen MR) is 105 cm³/mol. The van der Waals surface area contributed by atoms with Crippen molar-refractivity contribution in [1.29, 1.82) is 0 Å². The molecule has 1 fully saturated rings. The number of benzene rings is 1. The molecular formula is C15H8ClIN2O3S2. The summed E-state index contributed by atoms with van der Waals surface area (Å²) in [7, 11) is 0. The Balaban J connectivity index is 1.79. The second kappa shape index (κ2) is 7.26. The van der Waals surface area contributed by atoms with Gasteiger partial charge in [-0.3, -0.25) is 15.0 Å². The van der Waals surface area contributed by atoms with E-state index in [0.29, 0.717) is 19.5 Å². The van der Waals surface area contributed by atoms with Gasteiger partial charge in [0.05, 0.1) is 15.5 Å². The van der Waals surface area contributed by atoms with E-state index in [0.717, 1.165) is 16.8 Å². The van der Waals surface area contributed by atoms with Crippen LogP contribution in [0.1, 0.15) is 16.1 Å². The molecule has 1 aromatic carbocycles. The first-order valence-electron chi connectivity index (χ1n) is 6.54. The summed E-state index contributed by atoms with van der Waals surface area (Å²) in [5.41, 5.74) is 2.74. The molecule has 0 saturated carbocycles. The van der Waals surface area contributed by atoms with Crippen LogP contribution in [0.5, 0.6) is 0 Å². The van der Waals surface area contributed by atoms with Crippen LogP contribution < -0.4 is 5.43 Å². The Bertz CT molecular complexity index is 881. The lowest BCUT2D eigenvalue weighted by atomic mass is 10.2. The Labute approximate surface area is 165 Å². The first-order chi connectivity index (χ1) is 11.5. The molecule has 3 rings (SSSR count). The zero-order valence-electron chi connectivity index (χ0n) is 11.8. The summed E-state index contributed by atoms with van der Waals surface area (Å²) in [4.78, 5) is 25.1. The number of carbonyl (C=O) groups excluding carboxylic acids is 2. The van der Waals surface area contributed by atoms with Crippen molar-refractivity contribution in [1.82, 2.24) is 10.4 Å². The number of amides is 2. The normalized spacial score (nSPS) is 16.1. The molecule has 0 radical (unpaired) electrons. The molecule has 1 N–H and O–H groups in total. The van der Waals surface area contributed by atoms with Gasteiger partial charge in [-0.15, -0.1) is 0 Å². The lowest BCUT2D eigenvalue weighted by molar-refractivity contribution is -0.123. The monoisotopic (exact) mass is 490 g/mol. The number of furan rings is 1. The minimum absolute atomic E-state index is 0.230. The molecule has 9 heteroatoms. The van der Waals surface area contributed by atoms with E-state index in [1.54, 1.807) is 42.5 Å². The Morgan fingerprint density at radius 1 is 1.33 bits per heavy atom. The van der Waals surface area contributed by atoms with E-state index < -0.39 is 11.8 Å². The number of hydrogen-bond acceptors (Lipinski definition) is 5. The van der Waals surface area contributed by atoms with E-state index in [1.165, 1.54) is 0 Å². The van der Waals surface area contributed by atoms with Crippen LogP contribution in [0.3, 0.4) is 0 Å². The van der Waals surface area contributed by atoms with Crippen molar-refractivity contribution in [3.05, 3.63) is 61.4 Å². The third kappa shape index (κ3) is 3.66. The SMILES string of the molecule is O=C(NN1C(=O)/C(=C/c2ccc(I)o2)SC1=S)c1ccccc1Cl. The summed E-state index contributed by atoms with van der Waals surface area (Å²) < 4.78 is 6.35. The van der Waals surface area contributed by atoms with Crippen molar-refractivity contribution in [2.24, 2.45) is 0 Å². The largest absolute Gasteiger partial charge is 0.451 e. The van der Waals surface area contributed by atoms with Crippen LogP contribution in [0.15, 0.2) is 45.7 Å². The molecule has 2 amide bonds. The van der Waals surface area contributed by atoms with Crippen molar-refractivity contribution in [3.8, 4) is 0 Å². The molecule has 1 aromatic heterocycles. The molecule has 0 bridgehead atoms. The minimum atomic E-state index is -0.509. The number of thioether (sulfide) groups is 1. The number of thiocarbonyl (C=S) groups is 1. The van der Waals surface area contributed by atoms with Gasteiger partial charge in [0.25, 0.3) is 11.8 Å². The van der Waals surface area contributed by atoms with Gasteiger partial charge in [0.2, 0.25) is 0 Å². The smallest absolute Gasteiger partial charge is 0.285 e. The van der Waals surface area contributed by atoms with Gasteiger partial charge < -0.3 is 4.42 Å². The Morgan fingerprint density at radius 3 is 2.75 bits per heavy atom. The quantitative estimate of drug-likeness (QED) is 0.399. The molecule has 2 aromatic rings. The highest BCUT2D eigenvalue weighted by molar-refractivity contribution is 14.1. The fraction of sp³-hybridized carbons (Fsp3) is 0. The van der Waals surface area contributed by atoms with Crippen LogP contribution in [0.25, 0.3) is 6.08 Å². The zero-order chi connectivity index (χ0) is 17.3. The Morgan fingerprint density at radius 2 is 2.08 bits per heavy atom. The van der Waals surface area contributed by atoms with Crippen molar-refractivity contribution in [2.45, 2.75) is 0 Å². The molecule has 0 aliphatic carbocycles. The van der Waals surface area contributed by atoms with Gasteiger partial charge in [0.15, 0.2) is 8.09 Å². The maximum Gasteiger partial charge on any atom is 0.285 e. The summed E-state index contributed by atoms with van der Waals surface area (Å²) in [5, 5.41) is 1.33. The van der Waals surface area contributed by atoms with E-state index in [2.05, 4.69) is 5.43 Å². The molecule has 5 nitrogen and oxygen atoms in total. The molecule has 0 unspecified atom stereocenters. The lowest BCUT2D eigenvalue weighted by Gasteiger charge is -2.16. The molecule has 1 aliphatic heterocycles. The maximum absolute atomic E-state index is 12.4. The van der Waals surface area contributed by atoms with Gasteiger partial charge in [-0.25, -0.2) is 0 Å². The molecule has 1 saturated heterocycles. The topological polar surface area (TPSA) is 62.6 Å². The zero-order valence-corrected chi connectivity index (χ0v) is 16.3. The van der Waals surface area contributed by atoms with Gasteiger partial charge in [0.1, 0.15) is 5.76 Å². The summed E-state index contributed by atoms with van der Waals surface area (Å²) in [5.74, 6) is -0.389. The molecule has 122 valence electrons. The van der Waals surface area contributed by atoms with Gasteiger partial charge in [-0.1, -0.05) is 35.5 Å². The van der Waals surface area contributed by atoms with Crippen molar-refractivity contribution < 1.29 is 14.0 Å². The van der Waals surface area contributed by atoms with Crippen molar-refractivity contribution >= 4 is 80.4 Å². The van der Waals surface area contributed by atoms with Gasteiger partial charge in [-0.2, -0.15) is 5.01 Å². The van der Waals surface area contributed by atoms with E-state index in [1.807, 2.05) is 22.6 Å². The van der Waals surface area contributed by atoms with Crippen molar-refractivity contribution in [3.63, 3.8) is 0 Å². The summed E-state index contributed by atoms with van der Waals surface area (Å²) in [6.07, 6.45) is 1.59. The molecule has 2 heterocycles. The summed E-state index contributed by atoms with van der Waals surface area (Å²) >= 11 is 14.3. The first-order valence-corrected chi connectivity index (χ1v) is 9.22. The van der Waals surface area contributed by atoms with Crippen LogP contribution in [-0.4, -0.2) is 21.1 Å². The number of hydrazine groups is 1. The number of carbonyl (C=O) groups is 2. The number of halogens is 2. The Kier molecular flexibility index (Phi) is 5.28. The van der Waals surface area contributed by atoms with E-state index in [4.69, 9.17) is 28.2 Å². The van der Waals surface area contributed by atoms with Crippen molar-refractivity contribution in [2.75, 3.05) is 0 Å². The maximum atomic E-state index is 12.4. The highest BCUT2D eigenvalue weighted by atomic mass is 127. The Hall–Kier alpha value is -1.36. The summed E-state index contributed by atoms with van der Waals surface area (Å²) in [6.45, 7) is 0. The van der Waals surface area contributed by atoms with E-state index in [-0.39, 0.29) is 9.88 Å². The van der Waals surface area contributed by atoms with E-state index in [9.17, 15) is 9.59 Å². The van der Waals surface area contributed by atoms with Gasteiger partial charge >= 0.3 is 0 Å².